The SMILES string of the molecule is CC(C)c1ccccc1OC[C@@H](O)CN1C(=O)[C@@H]2CCCN2C1=O. The first kappa shape index (κ1) is 16.8. The maximum Gasteiger partial charge on any atom is 0.327 e. The average Bonchev–Trinajstić information content (AvgIpc) is 3.13. The zero-order chi connectivity index (χ0) is 17.3. The Balaban J connectivity index is 1.58. The lowest BCUT2D eigenvalue weighted by Gasteiger charge is -2.20. The number of rotatable bonds is 6. The van der Waals surface area contributed by atoms with Crippen LogP contribution < -0.4 is 4.74 Å². The molecule has 2 heterocycles. The molecule has 3 rings (SSSR count). The van der Waals surface area contributed by atoms with Crippen molar-refractivity contribution >= 4 is 11.9 Å². The van der Waals surface area contributed by atoms with Crippen molar-refractivity contribution in [2.75, 3.05) is 19.7 Å². The molecule has 1 aromatic carbocycles. The van der Waals surface area contributed by atoms with Crippen LogP contribution in [0.3, 0.4) is 0 Å². The van der Waals surface area contributed by atoms with Gasteiger partial charge in [0.15, 0.2) is 0 Å². The summed E-state index contributed by atoms with van der Waals surface area (Å²) in [6, 6.07) is 7.08. The molecule has 0 saturated carbocycles. The molecule has 0 unspecified atom stereocenters. The van der Waals surface area contributed by atoms with Gasteiger partial charge in [0.1, 0.15) is 24.5 Å². The van der Waals surface area contributed by atoms with E-state index in [0.717, 1.165) is 29.1 Å². The highest BCUT2D eigenvalue weighted by molar-refractivity contribution is 6.04. The lowest BCUT2D eigenvalue weighted by molar-refractivity contribution is -0.129. The minimum absolute atomic E-state index is 0.0193. The highest BCUT2D eigenvalue weighted by Crippen LogP contribution is 2.28. The Kier molecular flexibility index (Phi) is 4.76. The second-order valence-corrected chi connectivity index (χ2v) is 6.74. The largest absolute Gasteiger partial charge is 0.491 e. The number of β-amino-alcohol motifs (C(OH)–C–C–N with tert-alkyl or cyclic N) is 1. The number of ether oxygens (including phenoxy) is 1. The number of nitrogens with zero attached hydrogens (tertiary/aromatic N) is 2. The molecule has 1 aromatic rings. The van der Waals surface area contributed by atoms with E-state index in [1.54, 1.807) is 4.90 Å². The van der Waals surface area contributed by atoms with Gasteiger partial charge in [-0.15, -0.1) is 0 Å². The Morgan fingerprint density at radius 3 is 2.75 bits per heavy atom. The quantitative estimate of drug-likeness (QED) is 0.809. The van der Waals surface area contributed by atoms with Gasteiger partial charge >= 0.3 is 6.03 Å². The molecule has 24 heavy (non-hydrogen) atoms. The Hall–Kier alpha value is -2.08. The number of para-hydroxylation sites is 1. The number of carbonyl (C=O) groups excluding carboxylic acids is 2. The minimum Gasteiger partial charge on any atom is -0.491 e. The Morgan fingerprint density at radius 1 is 1.29 bits per heavy atom. The van der Waals surface area contributed by atoms with Crippen molar-refractivity contribution < 1.29 is 19.4 Å². The molecule has 6 nitrogen and oxygen atoms in total. The van der Waals surface area contributed by atoms with Gasteiger partial charge in [0.2, 0.25) is 0 Å². The second kappa shape index (κ2) is 6.81. The molecule has 6 heteroatoms. The van der Waals surface area contributed by atoms with Crippen molar-refractivity contribution in [1.29, 1.82) is 0 Å². The molecule has 2 atom stereocenters. The summed E-state index contributed by atoms with van der Waals surface area (Å²) in [7, 11) is 0. The molecule has 1 N–H and O–H groups in total. The predicted molar refractivity (Wildman–Crippen MR) is 88.9 cm³/mol. The molecule has 2 fully saturated rings. The van der Waals surface area contributed by atoms with Crippen LogP contribution in [-0.4, -0.2) is 58.7 Å². The molecule has 0 aliphatic carbocycles. The summed E-state index contributed by atoms with van der Waals surface area (Å²) >= 11 is 0. The first-order chi connectivity index (χ1) is 11.5. The predicted octanol–water partition coefficient (Wildman–Crippen LogP) is 1.98. The third-order valence-electron chi connectivity index (χ3n) is 4.65. The number of hydrogen-bond donors (Lipinski definition) is 1. The summed E-state index contributed by atoms with van der Waals surface area (Å²) < 4.78 is 5.72. The number of benzene rings is 1. The number of aliphatic hydroxyl groups is 1. The number of carbonyl (C=O) groups is 2. The maximum atomic E-state index is 12.3. The summed E-state index contributed by atoms with van der Waals surface area (Å²) in [6.07, 6.45) is 0.682. The van der Waals surface area contributed by atoms with Crippen molar-refractivity contribution in [1.82, 2.24) is 9.80 Å². The third kappa shape index (κ3) is 3.11. The Morgan fingerprint density at radius 2 is 2.04 bits per heavy atom. The normalized spacial score (nSPS) is 21.6. The molecule has 2 aliphatic rings. The van der Waals surface area contributed by atoms with Crippen molar-refractivity contribution in [3.05, 3.63) is 29.8 Å². The van der Waals surface area contributed by atoms with E-state index in [-0.39, 0.29) is 31.1 Å². The molecule has 3 amide bonds. The first-order valence-corrected chi connectivity index (χ1v) is 8.50. The number of hydrogen-bond acceptors (Lipinski definition) is 4. The summed E-state index contributed by atoms with van der Waals surface area (Å²) in [6.45, 7) is 4.81. The number of imide groups is 1. The van der Waals surface area contributed by atoms with Crippen LogP contribution in [0.25, 0.3) is 0 Å². The van der Waals surface area contributed by atoms with E-state index in [2.05, 4.69) is 13.8 Å². The van der Waals surface area contributed by atoms with E-state index in [1.807, 2.05) is 24.3 Å². The highest BCUT2D eigenvalue weighted by atomic mass is 16.5. The smallest absolute Gasteiger partial charge is 0.327 e. The highest BCUT2D eigenvalue weighted by Gasteiger charge is 2.47. The van der Waals surface area contributed by atoms with E-state index < -0.39 is 6.10 Å². The fraction of sp³-hybridized carbons (Fsp3) is 0.556. The third-order valence-corrected chi connectivity index (χ3v) is 4.65. The molecule has 0 aromatic heterocycles. The van der Waals surface area contributed by atoms with Crippen LogP contribution in [0.15, 0.2) is 24.3 Å². The molecule has 130 valence electrons. The van der Waals surface area contributed by atoms with Crippen LogP contribution in [0, 0.1) is 0 Å². The van der Waals surface area contributed by atoms with Gasteiger partial charge < -0.3 is 14.7 Å². The Bertz CT molecular complexity index is 609. The minimum atomic E-state index is -0.904. The van der Waals surface area contributed by atoms with E-state index in [1.165, 1.54) is 0 Å². The summed E-state index contributed by atoms with van der Waals surface area (Å²) in [5.41, 5.74) is 1.07. The fourth-order valence-electron chi connectivity index (χ4n) is 3.39. The first-order valence-electron chi connectivity index (χ1n) is 8.50. The van der Waals surface area contributed by atoms with Gasteiger partial charge in [-0.05, 0) is 30.4 Å². The van der Waals surface area contributed by atoms with Gasteiger partial charge in [-0.1, -0.05) is 32.0 Å². The molecular weight excluding hydrogens is 308 g/mol. The number of urea groups is 1. The van der Waals surface area contributed by atoms with E-state index in [9.17, 15) is 14.7 Å². The monoisotopic (exact) mass is 332 g/mol. The van der Waals surface area contributed by atoms with Gasteiger partial charge in [0, 0.05) is 6.54 Å². The fourth-order valence-corrected chi connectivity index (χ4v) is 3.39. The van der Waals surface area contributed by atoms with Gasteiger partial charge in [-0.3, -0.25) is 9.69 Å². The van der Waals surface area contributed by atoms with E-state index in [0.29, 0.717) is 12.5 Å². The average molecular weight is 332 g/mol. The molecular formula is C18H24N2O4. The van der Waals surface area contributed by atoms with Crippen LogP contribution in [0.5, 0.6) is 5.75 Å². The van der Waals surface area contributed by atoms with Crippen molar-refractivity contribution in [2.45, 2.75) is 44.8 Å². The summed E-state index contributed by atoms with van der Waals surface area (Å²) in [5, 5.41) is 10.2. The lowest BCUT2D eigenvalue weighted by Crippen LogP contribution is -2.41. The molecule has 0 spiro atoms. The van der Waals surface area contributed by atoms with Crippen LogP contribution in [0.1, 0.15) is 38.2 Å². The number of fused-ring (bicyclic) bond motifs is 1. The van der Waals surface area contributed by atoms with E-state index >= 15 is 0 Å². The summed E-state index contributed by atoms with van der Waals surface area (Å²) in [4.78, 5) is 27.3. The van der Waals surface area contributed by atoms with Crippen molar-refractivity contribution in [3.8, 4) is 5.75 Å². The van der Waals surface area contributed by atoms with Gasteiger partial charge in [0.25, 0.3) is 5.91 Å². The van der Waals surface area contributed by atoms with E-state index in [4.69, 9.17) is 4.74 Å². The zero-order valence-corrected chi connectivity index (χ0v) is 14.1. The number of amides is 3. The zero-order valence-electron chi connectivity index (χ0n) is 14.1. The van der Waals surface area contributed by atoms with Gasteiger partial charge in [0.05, 0.1) is 6.54 Å². The summed E-state index contributed by atoms with van der Waals surface area (Å²) in [5.74, 6) is 0.845. The maximum absolute atomic E-state index is 12.3. The topological polar surface area (TPSA) is 70.1 Å². The van der Waals surface area contributed by atoms with Crippen molar-refractivity contribution in [3.63, 3.8) is 0 Å². The Labute approximate surface area is 142 Å². The standard InChI is InChI=1S/C18H24N2O4/c1-12(2)14-6-3-4-8-16(14)24-11-13(21)10-20-17(22)15-7-5-9-19(15)18(20)23/h3-4,6,8,12-13,15,21H,5,7,9-11H2,1-2H3/t13-,15-/m0/s1. The van der Waals surface area contributed by atoms with Crippen molar-refractivity contribution in [2.24, 2.45) is 0 Å². The van der Waals surface area contributed by atoms with Crippen LogP contribution in [-0.2, 0) is 4.79 Å². The van der Waals surface area contributed by atoms with Crippen LogP contribution in [0.4, 0.5) is 4.79 Å². The van der Waals surface area contributed by atoms with Crippen LogP contribution >= 0.6 is 0 Å². The second-order valence-electron chi connectivity index (χ2n) is 6.74. The molecule has 2 aliphatic heterocycles. The molecule has 0 radical (unpaired) electrons. The van der Waals surface area contributed by atoms with Gasteiger partial charge in [-0.2, -0.15) is 0 Å². The number of aliphatic hydroxyl groups excluding tert-OH is 1. The lowest BCUT2D eigenvalue weighted by atomic mass is 10.0. The molecule has 0 bridgehead atoms. The molecule has 2 saturated heterocycles. The van der Waals surface area contributed by atoms with Gasteiger partial charge in [-0.25, -0.2) is 4.79 Å². The van der Waals surface area contributed by atoms with Crippen LogP contribution in [0.2, 0.25) is 0 Å².